The minimum Gasteiger partial charge on any atom is -0.397 e. The molecule has 6 nitrogen and oxygen atoms in total. The standard InChI is InChI=1S/C14H16N4O2/c1-18(2)14(20)9-4-3-5-11(6-9)17-13(19)12-7-10(15)8-16-12/h3-8,16H,15H2,1-2H3,(H,17,19). The highest BCUT2D eigenvalue weighted by Crippen LogP contribution is 2.14. The smallest absolute Gasteiger partial charge is 0.272 e. The zero-order chi connectivity index (χ0) is 14.7. The highest BCUT2D eigenvalue weighted by atomic mass is 16.2. The Morgan fingerprint density at radius 3 is 2.60 bits per heavy atom. The summed E-state index contributed by atoms with van der Waals surface area (Å²) in [5.41, 5.74) is 7.47. The number of hydrogen-bond acceptors (Lipinski definition) is 3. The number of H-pyrrole nitrogens is 1. The highest BCUT2D eigenvalue weighted by molar-refractivity contribution is 6.04. The molecule has 0 fully saturated rings. The third-order valence-electron chi connectivity index (χ3n) is 2.72. The molecule has 2 amide bonds. The molecule has 104 valence electrons. The maximum atomic E-state index is 11.9. The van der Waals surface area contributed by atoms with Gasteiger partial charge in [-0.2, -0.15) is 0 Å². The lowest BCUT2D eigenvalue weighted by Gasteiger charge is -2.11. The first-order valence-electron chi connectivity index (χ1n) is 6.04. The summed E-state index contributed by atoms with van der Waals surface area (Å²) in [6.45, 7) is 0. The minimum atomic E-state index is -0.309. The number of aromatic nitrogens is 1. The van der Waals surface area contributed by atoms with Gasteiger partial charge in [-0.1, -0.05) is 6.07 Å². The van der Waals surface area contributed by atoms with Crippen LogP contribution in [0.3, 0.4) is 0 Å². The third kappa shape index (κ3) is 2.97. The molecule has 2 rings (SSSR count). The van der Waals surface area contributed by atoms with Gasteiger partial charge in [0.05, 0.1) is 0 Å². The van der Waals surface area contributed by atoms with Crippen molar-refractivity contribution in [3.63, 3.8) is 0 Å². The van der Waals surface area contributed by atoms with Crippen LogP contribution in [0.4, 0.5) is 11.4 Å². The molecule has 0 atom stereocenters. The van der Waals surface area contributed by atoms with E-state index in [0.717, 1.165) is 0 Å². The van der Waals surface area contributed by atoms with Crippen molar-refractivity contribution in [2.24, 2.45) is 0 Å². The Bertz CT molecular complexity index is 646. The molecule has 0 radical (unpaired) electrons. The fourth-order valence-electron chi connectivity index (χ4n) is 1.73. The second-order valence-electron chi connectivity index (χ2n) is 4.58. The number of nitrogens with one attached hydrogen (secondary N) is 2. The Kier molecular flexibility index (Phi) is 3.74. The van der Waals surface area contributed by atoms with E-state index in [1.165, 1.54) is 4.90 Å². The Hall–Kier alpha value is -2.76. The zero-order valence-corrected chi connectivity index (χ0v) is 11.3. The zero-order valence-electron chi connectivity index (χ0n) is 11.3. The quantitative estimate of drug-likeness (QED) is 0.791. The maximum absolute atomic E-state index is 11.9. The number of carbonyl (C=O) groups excluding carboxylic acids is 2. The van der Waals surface area contributed by atoms with Crippen LogP contribution in [0.5, 0.6) is 0 Å². The van der Waals surface area contributed by atoms with Crippen LogP contribution in [0.25, 0.3) is 0 Å². The molecule has 0 spiro atoms. The van der Waals surface area contributed by atoms with Crippen LogP contribution in [-0.2, 0) is 0 Å². The van der Waals surface area contributed by atoms with Crippen molar-refractivity contribution >= 4 is 23.2 Å². The number of carbonyl (C=O) groups is 2. The molecule has 2 aromatic rings. The number of nitrogens with two attached hydrogens (primary N) is 1. The van der Waals surface area contributed by atoms with Crippen molar-refractivity contribution in [1.29, 1.82) is 0 Å². The first-order valence-corrected chi connectivity index (χ1v) is 6.04. The SMILES string of the molecule is CN(C)C(=O)c1cccc(NC(=O)c2cc(N)c[nH]2)c1. The molecular weight excluding hydrogens is 256 g/mol. The molecule has 0 saturated carbocycles. The van der Waals surface area contributed by atoms with E-state index >= 15 is 0 Å². The van der Waals surface area contributed by atoms with Gasteiger partial charge in [0, 0.05) is 37.2 Å². The Labute approximate surface area is 116 Å². The first kappa shape index (κ1) is 13.7. The normalized spacial score (nSPS) is 10.1. The fourth-order valence-corrected chi connectivity index (χ4v) is 1.73. The number of benzene rings is 1. The topological polar surface area (TPSA) is 91.2 Å². The summed E-state index contributed by atoms with van der Waals surface area (Å²) in [6.07, 6.45) is 1.54. The van der Waals surface area contributed by atoms with Crippen molar-refractivity contribution in [2.75, 3.05) is 25.1 Å². The van der Waals surface area contributed by atoms with Crippen molar-refractivity contribution in [3.8, 4) is 0 Å². The number of rotatable bonds is 3. The predicted octanol–water partition coefficient (Wildman–Crippen LogP) is 1.55. The minimum absolute atomic E-state index is 0.120. The number of nitrogens with zero attached hydrogens (tertiary/aromatic N) is 1. The van der Waals surface area contributed by atoms with E-state index in [2.05, 4.69) is 10.3 Å². The average molecular weight is 272 g/mol. The summed E-state index contributed by atoms with van der Waals surface area (Å²) in [4.78, 5) is 28.0. The van der Waals surface area contributed by atoms with E-state index in [4.69, 9.17) is 5.73 Å². The molecule has 0 aliphatic heterocycles. The van der Waals surface area contributed by atoms with E-state index < -0.39 is 0 Å². The van der Waals surface area contributed by atoms with Crippen LogP contribution < -0.4 is 11.1 Å². The monoisotopic (exact) mass is 272 g/mol. The van der Waals surface area contributed by atoms with Crippen molar-refractivity contribution in [1.82, 2.24) is 9.88 Å². The van der Waals surface area contributed by atoms with Crippen LogP contribution in [0.1, 0.15) is 20.8 Å². The van der Waals surface area contributed by atoms with Gasteiger partial charge in [0.2, 0.25) is 0 Å². The number of anilines is 2. The lowest BCUT2D eigenvalue weighted by molar-refractivity contribution is 0.0827. The van der Waals surface area contributed by atoms with Crippen LogP contribution >= 0.6 is 0 Å². The highest BCUT2D eigenvalue weighted by Gasteiger charge is 2.11. The second kappa shape index (κ2) is 5.48. The summed E-state index contributed by atoms with van der Waals surface area (Å²) in [7, 11) is 3.35. The van der Waals surface area contributed by atoms with Crippen LogP contribution in [0.15, 0.2) is 36.5 Å². The molecule has 1 aromatic heterocycles. The lowest BCUT2D eigenvalue weighted by Crippen LogP contribution is -2.22. The summed E-state index contributed by atoms with van der Waals surface area (Å²) in [5, 5.41) is 2.71. The van der Waals surface area contributed by atoms with E-state index in [-0.39, 0.29) is 11.8 Å². The Morgan fingerprint density at radius 2 is 2.00 bits per heavy atom. The van der Waals surface area contributed by atoms with Crippen LogP contribution in [0.2, 0.25) is 0 Å². The van der Waals surface area contributed by atoms with Crippen LogP contribution in [-0.4, -0.2) is 35.8 Å². The molecule has 0 bridgehead atoms. The first-order chi connectivity index (χ1) is 9.47. The Morgan fingerprint density at radius 1 is 1.25 bits per heavy atom. The van der Waals surface area contributed by atoms with Crippen LogP contribution in [0, 0.1) is 0 Å². The molecule has 6 heteroatoms. The Balaban J connectivity index is 2.16. The summed E-state index contributed by atoms with van der Waals surface area (Å²) >= 11 is 0. The second-order valence-corrected chi connectivity index (χ2v) is 4.58. The van der Waals surface area contributed by atoms with Gasteiger partial charge in [-0.05, 0) is 24.3 Å². The fraction of sp³-hybridized carbons (Fsp3) is 0.143. The van der Waals surface area contributed by atoms with Crippen molar-refractivity contribution in [3.05, 3.63) is 47.8 Å². The van der Waals surface area contributed by atoms with E-state index in [9.17, 15) is 9.59 Å². The van der Waals surface area contributed by atoms with Gasteiger partial charge >= 0.3 is 0 Å². The van der Waals surface area contributed by atoms with E-state index in [0.29, 0.717) is 22.6 Å². The predicted molar refractivity (Wildman–Crippen MR) is 77.6 cm³/mol. The van der Waals surface area contributed by atoms with E-state index in [1.807, 2.05) is 0 Å². The van der Waals surface area contributed by atoms with Gasteiger partial charge in [0.15, 0.2) is 0 Å². The van der Waals surface area contributed by atoms with Crippen molar-refractivity contribution in [2.45, 2.75) is 0 Å². The molecule has 4 N–H and O–H groups in total. The number of aromatic amines is 1. The number of nitrogen functional groups attached to an aromatic ring is 1. The summed E-state index contributed by atoms with van der Waals surface area (Å²) in [5.74, 6) is -0.429. The van der Waals surface area contributed by atoms with Gasteiger partial charge in [0.1, 0.15) is 5.69 Å². The lowest BCUT2D eigenvalue weighted by atomic mass is 10.2. The molecule has 20 heavy (non-hydrogen) atoms. The molecule has 0 aliphatic rings. The maximum Gasteiger partial charge on any atom is 0.272 e. The average Bonchev–Trinajstić information content (AvgIpc) is 2.85. The van der Waals surface area contributed by atoms with Crippen molar-refractivity contribution < 1.29 is 9.59 Å². The van der Waals surface area contributed by atoms with Gasteiger partial charge in [-0.3, -0.25) is 9.59 Å². The molecule has 1 aromatic carbocycles. The van der Waals surface area contributed by atoms with E-state index in [1.54, 1.807) is 50.6 Å². The molecular formula is C14H16N4O2. The third-order valence-corrected chi connectivity index (χ3v) is 2.72. The molecule has 0 unspecified atom stereocenters. The molecule has 0 aliphatic carbocycles. The molecule has 0 saturated heterocycles. The number of hydrogen-bond donors (Lipinski definition) is 3. The largest absolute Gasteiger partial charge is 0.397 e. The van der Waals surface area contributed by atoms with Gasteiger partial charge in [-0.15, -0.1) is 0 Å². The summed E-state index contributed by atoms with van der Waals surface area (Å²) in [6, 6.07) is 8.31. The molecule has 1 heterocycles. The number of amides is 2. The van der Waals surface area contributed by atoms with Gasteiger partial charge in [-0.25, -0.2) is 0 Å². The van der Waals surface area contributed by atoms with Gasteiger partial charge < -0.3 is 20.9 Å². The summed E-state index contributed by atoms with van der Waals surface area (Å²) < 4.78 is 0. The van der Waals surface area contributed by atoms with Gasteiger partial charge in [0.25, 0.3) is 11.8 Å².